The quantitative estimate of drug-likeness (QED) is 0.792. The molecule has 3 rings (SSSR count). The minimum Gasteiger partial charge on any atom is -0.345 e. The molecule has 2 aromatic rings. The summed E-state index contributed by atoms with van der Waals surface area (Å²) >= 11 is 0. The van der Waals surface area contributed by atoms with E-state index in [1.165, 1.54) is 48.2 Å². The van der Waals surface area contributed by atoms with E-state index in [0.717, 1.165) is 0 Å². The van der Waals surface area contributed by atoms with Gasteiger partial charge in [-0.3, -0.25) is 4.98 Å². The molecule has 0 N–H and O–H groups in total. The molecular formula is C16H18N2. The number of aromatic nitrogens is 1. The molecular weight excluding hydrogens is 220 g/mol. The molecule has 2 nitrogen and oxygen atoms in total. The fourth-order valence-corrected chi connectivity index (χ4v) is 2.65. The lowest BCUT2D eigenvalue weighted by molar-refractivity contribution is 0.685. The first-order chi connectivity index (χ1) is 8.84. The molecule has 1 aliphatic rings. The highest BCUT2D eigenvalue weighted by molar-refractivity contribution is 5.63. The monoisotopic (exact) mass is 238 g/mol. The van der Waals surface area contributed by atoms with Gasteiger partial charge in [-0.15, -0.1) is 0 Å². The molecule has 0 radical (unpaired) electrons. The van der Waals surface area contributed by atoms with Gasteiger partial charge >= 0.3 is 0 Å². The lowest BCUT2D eigenvalue weighted by atomic mass is 9.91. The number of fused-ring (bicyclic) bond motifs is 1. The summed E-state index contributed by atoms with van der Waals surface area (Å²) in [5.41, 5.74) is 5.51. The maximum atomic E-state index is 4.07. The van der Waals surface area contributed by atoms with Gasteiger partial charge in [-0.1, -0.05) is 6.07 Å². The largest absolute Gasteiger partial charge is 0.345 e. The van der Waals surface area contributed by atoms with Gasteiger partial charge in [0.05, 0.1) is 0 Å². The molecule has 0 atom stereocenters. The van der Waals surface area contributed by atoms with E-state index in [0.29, 0.717) is 0 Å². The van der Waals surface area contributed by atoms with Crippen LogP contribution < -0.4 is 4.90 Å². The van der Waals surface area contributed by atoms with Crippen LogP contribution in [0.3, 0.4) is 0 Å². The number of hydrogen-bond donors (Lipinski definition) is 0. The highest BCUT2D eigenvalue weighted by Crippen LogP contribution is 2.28. The first-order valence-corrected chi connectivity index (χ1v) is 6.60. The number of anilines is 2. The number of hydrogen-bond acceptors (Lipinski definition) is 2. The second-order valence-electron chi connectivity index (χ2n) is 4.92. The van der Waals surface area contributed by atoms with Crippen LogP contribution in [-0.2, 0) is 12.8 Å². The Kier molecular flexibility index (Phi) is 3.01. The summed E-state index contributed by atoms with van der Waals surface area (Å²) in [6, 6.07) is 10.9. The van der Waals surface area contributed by atoms with Crippen molar-refractivity contribution in [3.05, 3.63) is 53.9 Å². The third-order valence-electron chi connectivity index (χ3n) is 3.77. The molecule has 92 valence electrons. The fraction of sp³-hybridized carbons (Fsp3) is 0.312. The van der Waals surface area contributed by atoms with E-state index >= 15 is 0 Å². The van der Waals surface area contributed by atoms with E-state index in [9.17, 15) is 0 Å². The van der Waals surface area contributed by atoms with E-state index in [1.54, 1.807) is 0 Å². The van der Waals surface area contributed by atoms with Crippen molar-refractivity contribution in [2.45, 2.75) is 25.7 Å². The Morgan fingerprint density at radius 3 is 2.39 bits per heavy atom. The lowest BCUT2D eigenvalue weighted by Gasteiger charge is -2.23. The average Bonchev–Trinajstić information content (AvgIpc) is 2.47. The topological polar surface area (TPSA) is 16.1 Å². The second-order valence-corrected chi connectivity index (χ2v) is 4.92. The molecule has 1 aliphatic carbocycles. The molecule has 2 heteroatoms. The zero-order valence-corrected chi connectivity index (χ0v) is 10.8. The van der Waals surface area contributed by atoms with Crippen LogP contribution in [0, 0.1) is 0 Å². The van der Waals surface area contributed by atoms with Crippen molar-refractivity contribution in [2.75, 3.05) is 11.9 Å². The van der Waals surface area contributed by atoms with E-state index < -0.39 is 0 Å². The number of aryl methyl sites for hydroxylation is 2. The maximum absolute atomic E-state index is 4.07. The molecule has 18 heavy (non-hydrogen) atoms. The molecule has 0 amide bonds. The predicted octanol–water partition coefficient (Wildman–Crippen LogP) is 3.73. The van der Waals surface area contributed by atoms with Crippen LogP contribution in [-0.4, -0.2) is 12.0 Å². The van der Waals surface area contributed by atoms with Crippen LogP contribution in [0.2, 0.25) is 0 Å². The van der Waals surface area contributed by atoms with Gasteiger partial charge in [0, 0.05) is 30.8 Å². The van der Waals surface area contributed by atoms with Gasteiger partial charge in [0.2, 0.25) is 0 Å². The fourth-order valence-electron chi connectivity index (χ4n) is 2.65. The van der Waals surface area contributed by atoms with Crippen LogP contribution in [0.4, 0.5) is 11.4 Å². The molecule has 0 aliphatic heterocycles. The summed E-state index contributed by atoms with van der Waals surface area (Å²) in [7, 11) is 2.11. The number of nitrogens with zero attached hydrogens (tertiary/aromatic N) is 2. The average molecular weight is 238 g/mol. The zero-order valence-electron chi connectivity index (χ0n) is 10.8. The van der Waals surface area contributed by atoms with Crippen LogP contribution in [0.25, 0.3) is 0 Å². The van der Waals surface area contributed by atoms with Crippen molar-refractivity contribution in [3.8, 4) is 0 Å². The van der Waals surface area contributed by atoms with Crippen LogP contribution in [0.5, 0.6) is 0 Å². The summed E-state index contributed by atoms with van der Waals surface area (Å²) in [5.74, 6) is 0. The minimum atomic E-state index is 1.18. The third kappa shape index (κ3) is 2.10. The number of rotatable bonds is 2. The number of pyridine rings is 1. The molecule has 0 fully saturated rings. The molecule has 1 aromatic heterocycles. The Morgan fingerprint density at radius 2 is 1.61 bits per heavy atom. The van der Waals surface area contributed by atoms with Crippen molar-refractivity contribution >= 4 is 11.4 Å². The van der Waals surface area contributed by atoms with Gasteiger partial charge in [-0.05, 0) is 61.1 Å². The van der Waals surface area contributed by atoms with Gasteiger partial charge in [-0.2, -0.15) is 0 Å². The maximum Gasteiger partial charge on any atom is 0.0438 e. The van der Waals surface area contributed by atoms with Crippen LogP contribution >= 0.6 is 0 Å². The van der Waals surface area contributed by atoms with Gasteiger partial charge in [0.25, 0.3) is 0 Å². The highest BCUT2D eigenvalue weighted by atomic mass is 15.1. The Hall–Kier alpha value is -1.83. The molecule has 0 spiro atoms. The summed E-state index contributed by atoms with van der Waals surface area (Å²) in [6.07, 6.45) is 8.82. The molecule has 0 saturated carbocycles. The van der Waals surface area contributed by atoms with Gasteiger partial charge < -0.3 is 4.90 Å². The summed E-state index contributed by atoms with van der Waals surface area (Å²) in [5, 5.41) is 0. The summed E-state index contributed by atoms with van der Waals surface area (Å²) in [4.78, 5) is 6.28. The zero-order chi connectivity index (χ0) is 12.4. The number of benzene rings is 1. The minimum absolute atomic E-state index is 1.18. The molecule has 0 bridgehead atoms. The standard InChI is InChI=1S/C16H18N2/c1-18(15-8-10-17-11-9-15)16-7-6-13-4-2-3-5-14(13)12-16/h6-12H,2-5H2,1H3. The Morgan fingerprint density at radius 1 is 0.889 bits per heavy atom. The Labute approximate surface area is 108 Å². The molecule has 1 heterocycles. The van der Waals surface area contributed by atoms with E-state index in [-0.39, 0.29) is 0 Å². The predicted molar refractivity (Wildman–Crippen MR) is 75.4 cm³/mol. The van der Waals surface area contributed by atoms with E-state index in [1.807, 2.05) is 24.5 Å². The van der Waals surface area contributed by atoms with E-state index in [4.69, 9.17) is 0 Å². The van der Waals surface area contributed by atoms with Crippen molar-refractivity contribution in [2.24, 2.45) is 0 Å². The summed E-state index contributed by atoms with van der Waals surface area (Å²) in [6.45, 7) is 0. The first-order valence-electron chi connectivity index (χ1n) is 6.60. The Balaban J connectivity index is 1.93. The molecule has 0 unspecified atom stereocenters. The van der Waals surface area contributed by atoms with Crippen molar-refractivity contribution in [1.29, 1.82) is 0 Å². The SMILES string of the molecule is CN(c1ccncc1)c1ccc2c(c1)CCCC2. The van der Waals surface area contributed by atoms with Gasteiger partial charge in [-0.25, -0.2) is 0 Å². The van der Waals surface area contributed by atoms with Crippen LogP contribution in [0.1, 0.15) is 24.0 Å². The second kappa shape index (κ2) is 4.81. The first kappa shape index (κ1) is 11.3. The van der Waals surface area contributed by atoms with Crippen molar-refractivity contribution < 1.29 is 0 Å². The Bertz CT molecular complexity index is 534. The van der Waals surface area contributed by atoms with Crippen LogP contribution in [0.15, 0.2) is 42.7 Å². The molecule has 0 saturated heterocycles. The van der Waals surface area contributed by atoms with Gasteiger partial charge in [0.1, 0.15) is 0 Å². The normalized spacial score (nSPS) is 14.1. The van der Waals surface area contributed by atoms with Crippen molar-refractivity contribution in [1.82, 2.24) is 4.98 Å². The highest BCUT2D eigenvalue weighted by Gasteiger charge is 2.11. The smallest absolute Gasteiger partial charge is 0.0438 e. The summed E-state index contributed by atoms with van der Waals surface area (Å²) < 4.78 is 0. The third-order valence-corrected chi connectivity index (χ3v) is 3.77. The van der Waals surface area contributed by atoms with Crippen molar-refractivity contribution in [3.63, 3.8) is 0 Å². The lowest BCUT2D eigenvalue weighted by Crippen LogP contribution is -2.11. The van der Waals surface area contributed by atoms with Gasteiger partial charge in [0.15, 0.2) is 0 Å². The van der Waals surface area contributed by atoms with E-state index in [2.05, 4.69) is 35.1 Å². The molecule has 1 aromatic carbocycles.